The van der Waals surface area contributed by atoms with Crippen LogP contribution in [0.5, 0.6) is 0 Å². The maximum absolute atomic E-state index is 10.3. The molecule has 0 aromatic carbocycles. The third kappa shape index (κ3) is 10.2. The molecular formula is C15H36O4SiTi. The van der Waals surface area contributed by atoms with Crippen LogP contribution in [0.4, 0.5) is 0 Å². The van der Waals surface area contributed by atoms with Crippen molar-refractivity contribution in [3.8, 4) is 0 Å². The Morgan fingerprint density at radius 2 is 1.10 bits per heavy atom. The second kappa shape index (κ2) is 9.16. The van der Waals surface area contributed by atoms with Gasteiger partial charge in [-0.15, -0.1) is 0 Å². The van der Waals surface area contributed by atoms with Crippen molar-refractivity contribution < 1.29 is 31.8 Å². The first-order valence-electron chi connectivity index (χ1n) is 8.20. The van der Waals surface area contributed by atoms with Crippen molar-refractivity contribution in [3.05, 3.63) is 0 Å². The van der Waals surface area contributed by atoms with Gasteiger partial charge < -0.3 is 0 Å². The van der Waals surface area contributed by atoms with Crippen LogP contribution in [-0.2, 0) is 24.5 Å². The van der Waals surface area contributed by atoms with E-state index < -0.39 is 26.5 Å². The fraction of sp³-hybridized carbons (Fsp3) is 1.00. The van der Waals surface area contributed by atoms with Gasteiger partial charge in [-0.05, 0) is 0 Å². The molecule has 0 bridgehead atoms. The van der Waals surface area contributed by atoms with E-state index in [1.54, 1.807) is 0 Å². The van der Waals surface area contributed by atoms with E-state index in [1.165, 1.54) is 0 Å². The summed E-state index contributed by atoms with van der Waals surface area (Å²) >= 11 is -4.59. The molecular weight excluding hydrogens is 320 g/mol. The fourth-order valence-electron chi connectivity index (χ4n) is 3.22. The summed E-state index contributed by atoms with van der Waals surface area (Å²) in [6.07, 6.45) is -0.219. The molecule has 0 aliphatic heterocycles. The molecule has 21 heavy (non-hydrogen) atoms. The molecule has 0 atom stereocenters. The van der Waals surface area contributed by atoms with Crippen LogP contribution in [0.3, 0.4) is 0 Å². The van der Waals surface area contributed by atoms with Gasteiger partial charge in [0.2, 0.25) is 0 Å². The monoisotopic (exact) mass is 356 g/mol. The van der Waals surface area contributed by atoms with E-state index in [-0.39, 0.29) is 6.10 Å². The zero-order valence-electron chi connectivity index (χ0n) is 15.1. The Bertz CT molecular complexity index is 267. The Kier molecular flexibility index (Phi) is 9.50. The number of hydrogen-bond acceptors (Lipinski definition) is 4. The molecule has 2 N–H and O–H groups in total. The van der Waals surface area contributed by atoms with E-state index in [2.05, 4.69) is 41.5 Å². The van der Waals surface area contributed by atoms with Crippen molar-refractivity contribution in [1.82, 2.24) is 0 Å². The maximum atomic E-state index is 10.3. The van der Waals surface area contributed by atoms with E-state index >= 15 is 0 Å². The van der Waals surface area contributed by atoms with Gasteiger partial charge in [0, 0.05) is 0 Å². The summed E-state index contributed by atoms with van der Waals surface area (Å²) < 4.78 is 32.0. The molecule has 0 aliphatic rings. The van der Waals surface area contributed by atoms with Crippen molar-refractivity contribution in [2.75, 3.05) is 0 Å². The Balaban J connectivity index is 5.30. The van der Waals surface area contributed by atoms with Gasteiger partial charge in [0.05, 0.1) is 0 Å². The molecule has 0 aliphatic carbocycles. The van der Waals surface area contributed by atoms with Gasteiger partial charge in [0.1, 0.15) is 0 Å². The quantitative estimate of drug-likeness (QED) is 0.578. The first-order valence-corrected chi connectivity index (χ1v) is 13.4. The minimum absolute atomic E-state index is 0.219. The van der Waals surface area contributed by atoms with Crippen molar-refractivity contribution >= 4 is 8.32 Å². The third-order valence-corrected chi connectivity index (χ3v) is 12.9. The molecule has 0 heterocycles. The second-order valence-electron chi connectivity index (χ2n) is 7.79. The standard InChI is InChI=1S/C12H27OSi.C3H7O.2H2O.Ti/c1-10(2)7-14(13,8-11(3)4)9-12(5)6;1-3(2)4;;;/h10-12H,7-9H2,1-6H3;3H,1-2H3;2*1H2;/q2*-1;;;+4/p-2. The Morgan fingerprint density at radius 3 is 1.33 bits per heavy atom. The van der Waals surface area contributed by atoms with Gasteiger partial charge in [-0.1, -0.05) is 0 Å². The van der Waals surface area contributed by atoms with Crippen LogP contribution in [0.2, 0.25) is 18.1 Å². The first kappa shape index (κ1) is 21.8. The second-order valence-corrected chi connectivity index (χ2v) is 14.6. The van der Waals surface area contributed by atoms with E-state index in [9.17, 15) is 7.38 Å². The molecule has 0 aromatic heterocycles. The predicted molar refractivity (Wildman–Crippen MR) is 86.4 cm³/mol. The van der Waals surface area contributed by atoms with Gasteiger partial charge in [-0.25, -0.2) is 0 Å². The number of hydrogen-bond donors (Lipinski definition) is 2. The van der Waals surface area contributed by atoms with Crippen LogP contribution in [0.15, 0.2) is 0 Å². The average Bonchev–Trinajstić information content (AvgIpc) is 2.07. The van der Waals surface area contributed by atoms with Crippen molar-refractivity contribution in [1.29, 1.82) is 0 Å². The first-order chi connectivity index (χ1) is 9.37. The SMILES string of the molecule is CC(C)C[Si](CC(C)C)(CC(C)C)[O][Ti]([OH])([OH])[O]C(C)C. The molecule has 128 valence electrons. The molecule has 0 aromatic rings. The molecule has 0 spiro atoms. The molecule has 6 heteroatoms. The van der Waals surface area contributed by atoms with Crippen LogP contribution in [0.25, 0.3) is 0 Å². The molecule has 0 saturated carbocycles. The minimum atomic E-state index is -4.59. The van der Waals surface area contributed by atoms with Crippen molar-refractivity contribution in [2.24, 2.45) is 17.8 Å². The summed E-state index contributed by atoms with van der Waals surface area (Å²) in [7, 11) is -2.23. The van der Waals surface area contributed by atoms with E-state index in [0.717, 1.165) is 18.1 Å². The summed E-state index contributed by atoms with van der Waals surface area (Å²) in [5.41, 5.74) is 0. The predicted octanol–water partition coefficient (Wildman–Crippen LogP) is 4.14. The summed E-state index contributed by atoms with van der Waals surface area (Å²) in [5.74, 6) is 1.48. The molecule has 4 nitrogen and oxygen atoms in total. The van der Waals surface area contributed by atoms with Crippen LogP contribution in [0.1, 0.15) is 55.4 Å². The Labute approximate surface area is 137 Å². The van der Waals surface area contributed by atoms with Crippen LogP contribution >= 0.6 is 0 Å². The summed E-state index contributed by atoms with van der Waals surface area (Å²) in [6.45, 7) is 16.7. The molecule has 0 rings (SSSR count). The van der Waals surface area contributed by atoms with Crippen LogP contribution in [-0.4, -0.2) is 21.8 Å². The number of rotatable bonds is 10. The van der Waals surface area contributed by atoms with E-state index in [1.807, 2.05) is 13.8 Å². The normalized spacial score (nSPS) is 14.0. The Morgan fingerprint density at radius 1 is 0.762 bits per heavy atom. The van der Waals surface area contributed by atoms with E-state index in [4.69, 9.17) is 6.33 Å². The molecule has 0 amide bonds. The summed E-state index contributed by atoms with van der Waals surface area (Å²) in [6, 6.07) is 2.87. The summed E-state index contributed by atoms with van der Waals surface area (Å²) in [4.78, 5) is 0. The van der Waals surface area contributed by atoms with Gasteiger partial charge in [0.15, 0.2) is 0 Å². The van der Waals surface area contributed by atoms with Gasteiger partial charge in [0.25, 0.3) is 0 Å². The van der Waals surface area contributed by atoms with Gasteiger partial charge >= 0.3 is 138 Å². The zero-order valence-corrected chi connectivity index (χ0v) is 17.7. The van der Waals surface area contributed by atoms with Gasteiger partial charge in [-0.2, -0.15) is 0 Å². The van der Waals surface area contributed by atoms with E-state index in [0.29, 0.717) is 17.8 Å². The van der Waals surface area contributed by atoms with Crippen LogP contribution < -0.4 is 0 Å². The zero-order chi connectivity index (χ0) is 16.8. The third-order valence-electron chi connectivity index (χ3n) is 3.08. The molecule has 0 fully saturated rings. The fourth-order valence-corrected chi connectivity index (χ4v) is 14.0. The average molecular weight is 356 g/mol. The Hall–Kier alpha value is 0.771. The molecule has 0 radical (unpaired) electrons. The topological polar surface area (TPSA) is 58.9 Å². The van der Waals surface area contributed by atoms with Crippen molar-refractivity contribution in [3.63, 3.8) is 0 Å². The van der Waals surface area contributed by atoms with Crippen molar-refractivity contribution in [2.45, 2.75) is 79.6 Å². The molecule has 0 unspecified atom stereocenters. The molecule has 0 saturated heterocycles. The summed E-state index contributed by atoms with van der Waals surface area (Å²) in [5, 5.41) is 0. The van der Waals surface area contributed by atoms with Gasteiger partial charge in [-0.3, -0.25) is 0 Å². The van der Waals surface area contributed by atoms with Crippen LogP contribution in [0, 0.1) is 17.8 Å².